The summed E-state index contributed by atoms with van der Waals surface area (Å²) >= 11 is 5.83. The molecular weight excluding hydrogens is 253 g/mol. The Morgan fingerprint density at radius 1 is 1.44 bits per heavy atom. The lowest BCUT2D eigenvalue weighted by molar-refractivity contribution is 0.628. The third-order valence-corrected chi connectivity index (χ3v) is 3.22. The Kier molecular flexibility index (Phi) is 3.68. The van der Waals surface area contributed by atoms with Crippen LogP contribution in [-0.2, 0) is 13.6 Å². The molecule has 0 spiro atoms. The van der Waals surface area contributed by atoms with Crippen LogP contribution in [0.3, 0.4) is 0 Å². The first-order valence-electron chi connectivity index (χ1n) is 5.66. The number of hydrogen-bond donors (Lipinski definition) is 1. The van der Waals surface area contributed by atoms with Crippen LogP contribution >= 0.6 is 11.6 Å². The molecule has 0 unspecified atom stereocenters. The first-order valence-corrected chi connectivity index (χ1v) is 6.04. The largest absolute Gasteiger partial charge is 0.331 e. The molecule has 3 nitrogen and oxygen atoms in total. The Morgan fingerprint density at radius 3 is 2.78 bits per heavy atom. The summed E-state index contributed by atoms with van der Waals surface area (Å²) in [5.41, 5.74) is 2.76. The van der Waals surface area contributed by atoms with Gasteiger partial charge in [0, 0.05) is 19.2 Å². The van der Waals surface area contributed by atoms with Crippen molar-refractivity contribution in [3.63, 3.8) is 0 Å². The Hall–Kier alpha value is -1.39. The van der Waals surface area contributed by atoms with E-state index in [1.54, 1.807) is 12.1 Å². The van der Waals surface area contributed by atoms with Crippen molar-refractivity contribution in [2.45, 2.75) is 13.5 Å². The highest BCUT2D eigenvalue weighted by Crippen LogP contribution is 2.28. The predicted octanol–water partition coefficient (Wildman–Crippen LogP) is 2.91. The second kappa shape index (κ2) is 5.08. The molecule has 0 saturated carbocycles. The summed E-state index contributed by atoms with van der Waals surface area (Å²) < 4.78 is 15.2. The minimum absolute atomic E-state index is 0.127. The fourth-order valence-corrected chi connectivity index (χ4v) is 2.15. The number of rotatable bonds is 3. The van der Waals surface area contributed by atoms with Crippen molar-refractivity contribution in [1.82, 2.24) is 14.9 Å². The zero-order chi connectivity index (χ0) is 13.3. The molecule has 0 amide bonds. The maximum absolute atomic E-state index is 13.2. The highest BCUT2D eigenvalue weighted by molar-refractivity contribution is 6.31. The van der Waals surface area contributed by atoms with Crippen LogP contribution in [0.1, 0.15) is 11.5 Å². The van der Waals surface area contributed by atoms with E-state index in [-0.39, 0.29) is 5.02 Å². The maximum atomic E-state index is 13.2. The zero-order valence-corrected chi connectivity index (χ0v) is 11.3. The highest BCUT2D eigenvalue weighted by Gasteiger charge is 2.14. The average molecular weight is 268 g/mol. The molecular formula is C13H15ClFN3. The number of nitrogens with one attached hydrogen (secondary N) is 1. The third kappa shape index (κ3) is 2.26. The quantitative estimate of drug-likeness (QED) is 0.927. The molecule has 1 N–H and O–H groups in total. The van der Waals surface area contributed by atoms with Crippen LogP contribution in [0, 0.1) is 12.7 Å². The van der Waals surface area contributed by atoms with Crippen molar-refractivity contribution < 1.29 is 4.39 Å². The summed E-state index contributed by atoms with van der Waals surface area (Å²) in [6.07, 6.45) is 0. The SMILES string of the molecule is CNCc1nc(C)n(C)c1-c1ccc(F)c(Cl)c1. The van der Waals surface area contributed by atoms with E-state index in [2.05, 4.69) is 10.3 Å². The molecule has 5 heteroatoms. The molecule has 0 aliphatic carbocycles. The van der Waals surface area contributed by atoms with E-state index >= 15 is 0 Å². The molecule has 0 fully saturated rings. The second-order valence-electron chi connectivity index (χ2n) is 4.17. The van der Waals surface area contributed by atoms with Crippen LogP contribution < -0.4 is 5.32 Å². The monoisotopic (exact) mass is 267 g/mol. The Labute approximate surface area is 111 Å². The lowest BCUT2D eigenvalue weighted by Gasteiger charge is -2.07. The summed E-state index contributed by atoms with van der Waals surface area (Å²) in [5, 5.41) is 3.20. The number of imidazole rings is 1. The number of benzene rings is 1. The minimum atomic E-state index is -0.408. The van der Waals surface area contributed by atoms with Gasteiger partial charge in [0.25, 0.3) is 0 Å². The average Bonchev–Trinajstić information content (AvgIpc) is 2.60. The molecule has 0 radical (unpaired) electrons. The Morgan fingerprint density at radius 2 is 2.17 bits per heavy atom. The van der Waals surface area contributed by atoms with E-state index in [4.69, 9.17) is 11.6 Å². The lowest BCUT2D eigenvalue weighted by Crippen LogP contribution is -2.07. The van der Waals surface area contributed by atoms with Crippen molar-refractivity contribution in [3.8, 4) is 11.3 Å². The highest BCUT2D eigenvalue weighted by atomic mass is 35.5. The van der Waals surface area contributed by atoms with Crippen LogP contribution in [0.15, 0.2) is 18.2 Å². The van der Waals surface area contributed by atoms with Gasteiger partial charge in [-0.25, -0.2) is 9.37 Å². The topological polar surface area (TPSA) is 29.9 Å². The molecule has 2 rings (SSSR count). The van der Waals surface area contributed by atoms with Gasteiger partial charge in [0.2, 0.25) is 0 Å². The van der Waals surface area contributed by atoms with Gasteiger partial charge in [-0.15, -0.1) is 0 Å². The first-order chi connectivity index (χ1) is 8.54. The standard InChI is InChI=1S/C13H15ClFN3/c1-8-17-12(7-16-2)13(18(8)3)9-4-5-11(15)10(14)6-9/h4-6,16H,7H2,1-3H3. The molecule has 1 heterocycles. The molecule has 1 aromatic carbocycles. The van der Waals surface area contributed by atoms with E-state index in [1.165, 1.54) is 6.07 Å². The first kappa shape index (κ1) is 13.1. The van der Waals surface area contributed by atoms with Crippen LogP contribution in [0.5, 0.6) is 0 Å². The van der Waals surface area contributed by atoms with E-state index in [0.717, 1.165) is 22.8 Å². The van der Waals surface area contributed by atoms with Crippen molar-refractivity contribution in [2.24, 2.45) is 7.05 Å². The molecule has 1 aromatic heterocycles. The normalized spacial score (nSPS) is 10.9. The summed E-state index contributed by atoms with van der Waals surface area (Å²) in [6, 6.07) is 4.73. The number of aromatic nitrogens is 2. The molecule has 0 aliphatic rings. The van der Waals surface area contributed by atoms with Crippen LogP contribution in [0.25, 0.3) is 11.3 Å². The minimum Gasteiger partial charge on any atom is -0.331 e. The Bertz CT molecular complexity index is 578. The maximum Gasteiger partial charge on any atom is 0.141 e. The van der Waals surface area contributed by atoms with Crippen molar-refractivity contribution in [3.05, 3.63) is 40.6 Å². The summed E-state index contributed by atoms with van der Waals surface area (Å²) in [7, 11) is 3.81. The molecule has 2 aromatic rings. The van der Waals surface area contributed by atoms with Crippen molar-refractivity contribution in [1.29, 1.82) is 0 Å². The van der Waals surface area contributed by atoms with E-state index < -0.39 is 5.82 Å². The molecule has 18 heavy (non-hydrogen) atoms. The van der Waals surface area contributed by atoms with Gasteiger partial charge in [-0.2, -0.15) is 0 Å². The van der Waals surface area contributed by atoms with Gasteiger partial charge >= 0.3 is 0 Å². The summed E-state index contributed by atoms with van der Waals surface area (Å²) in [4.78, 5) is 4.49. The van der Waals surface area contributed by atoms with Gasteiger partial charge < -0.3 is 9.88 Å². The van der Waals surface area contributed by atoms with E-state index in [0.29, 0.717) is 6.54 Å². The molecule has 0 bridgehead atoms. The van der Waals surface area contributed by atoms with Gasteiger partial charge in [0.1, 0.15) is 11.6 Å². The van der Waals surface area contributed by atoms with Crippen molar-refractivity contribution >= 4 is 11.6 Å². The molecule has 0 aliphatic heterocycles. The van der Waals surface area contributed by atoms with Crippen molar-refractivity contribution in [2.75, 3.05) is 7.05 Å². The predicted molar refractivity (Wildman–Crippen MR) is 71.1 cm³/mol. The van der Waals surface area contributed by atoms with Gasteiger partial charge in [0.05, 0.1) is 16.4 Å². The van der Waals surface area contributed by atoms with E-state index in [1.807, 2.05) is 25.6 Å². The number of hydrogen-bond acceptors (Lipinski definition) is 2. The number of aryl methyl sites for hydroxylation is 1. The fourth-order valence-electron chi connectivity index (χ4n) is 1.97. The van der Waals surface area contributed by atoms with Crippen LogP contribution in [0.4, 0.5) is 4.39 Å². The van der Waals surface area contributed by atoms with Gasteiger partial charge in [0.15, 0.2) is 0 Å². The molecule has 96 valence electrons. The fraction of sp³-hybridized carbons (Fsp3) is 0.308. The van der Waals surface area contributed by atoms with Gasteiger partial charge in [-0.05, 0) is 32.2 Å². The number of halogens is 2. The molecule has 0 atom stereocenters. The smallest absolute Gasteiger partial charge is 0.141 e. The van der Waals surface area contributed by atoms with Crippen LogP contribution in [0.2, 0.25) is 5.02 Å². The van der Waals surface area contributed by atoms with E-state index in [9.17, 15) is 4.39 Å². The number of nitrogens with zero attached hydrogens (tertiary/aromatic N) is 2. The molecule has 0 saturated heterocycles. The summed E-state index contributed by atoms with van der Waals surface area (Å²) in [5.74, 6) is 0.505. The van der Waals surface area contributed by atoms with Gasteiger partial charge in [-0.1, -0.05) is 11.6 Å². The summed E-state index contributed by atoms with van der Waals surface area (Å²) in [6.45, 7) is 2.60. The lowest BCUT2D eigenvalue weighted by atomic mass is 10.1. The third-order valence-electron chi connectivity index (χ3n) is 2.93. The second-order valence-corrected chi connectivity index (χ2v) is 4.58. The van der Waals surface area contributed by atoms with Gasteiger partial charge in [-0.3, -0.25) is 0 Å². The Balaban J connectivity index is 2.58. The zero-order valence-electron chi connectivity index (χ0n) is 10.6. The van der Waals surface area contributed by atoms with Crippen LogP contribution in [-0.4, -0.2) is 16.6 Å².